The van der Waals surface area contributed by atoms with Gasteiger partial charge in [-0.05, 0) is 49.2 Å². The van der Waals surface area contributed by atoms with Crippen LogP contribution in [0.5, 0.6) is 11.5 Å². The normalized spacial score (nSPS) is 11.7. The lowest BCUT2D eigenvalue weighted by Gasteiger charge is -2.07. The second-order valence-electron chi connectivity index (χ2n) is 4.87. The Kier molecular flexibility index (Phi) is 4.37. The molecule has 0 radical (unpaired) electrons. The van der Waals surface area contributed by atoms with Crippen LogP contribution in [0.4, 0.5) is 0 Å². The largest absolute Gasteiger partial charge is 0.504 e. The Morgan fingerprint density at radius 3 is 2.41 bits per heavy atom. The molecular weight excluding hydrogens is 304 g/mol. The average molecular weight is 320 g/mol. The molecule has 116 valence electrons. The van der Waals surface area contributed by atoms with Gasteiger partial charge < -0.3 is 10.2 Å². The third kappa shape index (κ3) is 3.56. The summed E-state index contributed by atoms with van der Waals surface area (Å²) in [5.74, 6) is -0.561. The van der Waals surface area contributed by atoms with E-state index >= 15 is 0 Å². The van der Waals surface area contributed by atoms with Crippen LogP contribution >= 0.6 is 0 Å². The van der Waals surface area contributed by atoms with Crippen molar-refractivity contribution >= 4 is 16.2 Å². The van der Waals surface area contributed by atoms with Gasteiger partial charge in [0.15, 0.2) is 11.5 Å². The van der Waals surface area contributed by atoms with Gasteiger partial charge >= 0.3 is 0 Å². The van der Waals surface area contributed by atoms with Gasteiger partial charge in [0.1, 0.15) is 0 Å². The minimum atomic E-state index is -3.76. The first-order valence-electron chi connectivity index (χ1n) is 6.44. The molecule has 0 atom stereocenters. The number of hydrazone groups is 1. The minimum absolute atomic E-state index is 0.156. The maximum atomic E-state index is 12.2. The molecule has 2 rings (SSSR count). The van der Waals surface area contributed by atoms with E-state index in [9.17, 15) is 18.6 Å². The van der Waals surface area contributed by atoms with Crippen LogP contribution in [0.25, 0.3) is 0 Å². The summed E-state index contributed by atoms with van der Waals surface area (Å²) in [6.45, 7) is 3.59. The summed E-state index contributed by atoms with van der Waals surface area (Å²) in [7, 11) is -3.76. The van der Waals surface area contributed by atoms with Crippen LogP contribution in [-0.4, -0.2) is 24.8 Å². The summed E-state index contributed by atoms with van der Waals surface area (Å²) in [5.41, 5.74) is 2.04. The zero-order chi connectivity index (χ0) is 16.3. The number of phenolic OH excluding ortho intramolecular Hbond substituents is 2. The van der Waals surface area contributed by atoms with Crippen LogP contribution in [0.1, 0.15) is 16.7 Å². The molecule has 0 heterocycles. The second-order valence-corrected chi connectivity index (χ2v) is 6.50. The van der Waals surface area contributed by atoms with Gasteiger partial charge in [-0.2, -0.15) is 13.5 Å². The summed E-state index contributed by atoms with van der Waals surface area (Å²) in [6.07, 6.45) is 1.24. The molecular formula is C15H16N2O4S. The first-order valence-corrected chi connectivity index (χ1v) is 7.92. The Labute approximate surface area is 128 Å². The standard InChI is InChI=1S/C15H16N2O4S/c1-10-3-6-15(11(2)7-10)22(20,21)17-16-9-12-4-5-13(18)14(19)8-12/h3-9,17-19H,1-2H3/b16-9-. The van der Waals surface area contributed by atoms with Gasteiger partial charge in [-0.1, -0.05) is 17.7 Å². The maximum Gasteiger partial charge on any atom is 0.276 e. The molecule has 0 amide bonds. The topological polar surface area (TPSA) is 99.0 Å². The number of nitrogens with zero attached hydrogens (tertiary/aromatic N) is 1. The molecule has 0 bridgehead atoms. The van der Waals surface area contributed by atoms with E-state index in [2.05, 4.69) is 9.93 Å². The SMILES string of the molecule is Cc1ccc(S(=O)(=O)N/N=C\c2ccc(O)c(O)c2)c(C)c1. The molecule has 0 fully saturated rings. The molecule has 0 aliphatic carbocycles. The lowest BCUT2D eigenvalue weighted by Crippen LogP contribution is -2.19. The highest BCUT2D eigenvalue weighted by atomic mass is 32.2. The minimum Gasteiger partial charge on any atom is -0.504 e. The van der Waals surface area contributed by atoms with Gasteiger partial charge in [-0.15, -0.1) is 0 Å². The molecule has 0 saturated carbocycles. The van der Waals surface area contributed by atoms with Crippen LogP contribution in [0.3, 0.4) is 0 Å². The van der Waals surface area contributed by atoms with Gasteiger partial charge in [0.25, 0.3) is 10.0 Å². The molecule has 7 heteroatoms. The Hall–Kier alpha value is -2.54. The lowest BCUT2D eigenvalue weighted by molar-refractivity contribution is 0.403. The number of aromatic hydroxyl groups is 2. The second kappa shape index (κ2) is 6.07. The third-order valence-corrected chi connectivity index (χ3v) is 4.39. The van der Waals surface area contributed by atoms with E-state index in [0.29, 0.717) is 11.1 Å². The van der Waals surface area contributed by atoms with Gasteiger partial charge in [0.2, 0.25) is 0 Å². The Balaban J connectivity index is 2.18. The zero-order valence-corrected chi connectivity index (χ0v) is 12.9. The van der Waals surface area contributed by atoms with Crippen LogP contribution in [0.15, 0.2) is 46.4 Å². The fourth-order valence-electron chi connectivity index (χ4n) is 1.94. The van der Waals surface area contributed by atoms with E-state index in [1.807, 2.05) is 6.92 Å². The maximum absolute atomic E-state index is 12.2. The smallest absolute Gasteiger partial charge is 0.276 e. The highest BCUT2D eigenvalue weighted by Crippen LogP contribution is 2.24. The summed E-state index contributed by atoms with van der Waals surface area (Å²) >= 11 is 0. The number of aryl methyl sites for hydroxylation is 2. The van der Waals surface area contributed by atoms with Crippen molar-refractivity contribution in [2.24, 2.45) is 5.10 Å². The van der Waals surface area contributed by atoms with Crippen molar-refractivity contribution in [3.8, 4) is 11.5 Å². The molecule has 6 nitrogen and oxygen atoms in total. The summed E-state index contributed by atoms with van der Waals surface area (Å²) in [6, 6.07) is 9.05. The van der Waals surface area contributed by atoms with E-state index in [1.165, 1.54) is 30.5 Å². The quantitative estimate of drug-likeness (QED) is 0.456. The first-order chi connectivity index (χ1) is 10.3. The number of hydrogen-bond donors (Lipinski definition) is 3. The predicted octanol–water partition coefficient (Wildman–Crippen LogP) is 2.03. The van der Waals surface area contributed by atoms with Crippen molar-refractivity contribution < 1.29 is 18.6 Å². The highest BCUT2D eigenvalue weighted by molar-refractivity contribution is 7.89. The summed E-state index contributed by atoms with van der Waals surface area (Å²) in [5, 5.41) is 22.2. The van der Waals surface area contributed by atoms with Crippen LogP contribution < -0.4 is 4.83 Å². The molecule has 2 aromatic rings. The van der Waals surface area contributed by atoms with E-state index in [4.69, 9.17) is 0 Å². The number of sulfonamides is 1. The molecule has 22 heavy (non-hydrogen) atoms. The molecule has 2 aromatic carbocycles. The number of hydrogen-bond acceptors (Lipinski definition) is 5. The lowest BCUT2D eigenvalue weighted by atomic mass is 10.2. The van der Waals surface area contributed by atoms with Crippen LogP contribution in [0.2, 0.25) is 0 Å². The highest BCUT2D eigenvalue weighted by Gasteiger charge is 2.15. The molecule has 3 N–H and O–H groups in total. The monoisotopic (exact) mass is 320 g/mol. The van der Waals surface area contributed by atoms with Crippen molar-refractivity contribution in [2.75, 3.05) is 0 Å². The van der Waals surface area contributed by atoms with Crippen molar-refractivity contribution in [3.63, 3.8) is 0 Å². The number of nitrogens with one attached hydrogen (secondary N) is 1. The average Bonchev–Trinajstić information content (AvgIpc) is 2.42. The van der Waals surface area contributed by atoms with Crippen LogP contribution in [0, 0.1) is 13.8 Å². The third-order valence-electron chi connectivity index (χ3n) is 3.01. The molecule has 0 aromatic heterocycles. The Morgan fingerprint density at radius 2 is 1.77 bits per heavy atom. The fraction of sp³-hybridized carbons (Fsp3) is 0.133. The van der Waals surface area contributed by atoms with Gasteiger partial charge in [0.05, 0.1) is 11.1 Å². The van der Waals surface area contributed by atoms with Gasteiger partial charge in [-0.3, -0.25) is 0 Å². The van der Waals surface area contributed by atoms with Crippen molar-refractivity contribution in [2.45, 2.75) is 18.7 Å². The van der Waals surface area contributed by atoms with E-state index in [0.717, 1.165) is 5.56 Å². The van der Waals surface area contributed by atoms with Gasteiger partial charge in [0, 0.05) is 0 Å². The van der Waals surface area contributed by atoms with Crippen molar-refractivity contribution in [3.05, 3.63) is 53.1 Å². The molecule has 0 aliphatic rings. The summed E-state index contributed by atoms with van der Waals surface area (Å²) < 4.78 is 24.3. The Morgan fingerprint density at radius 1 is 1.05 bits per heavy atom. The van der Waals surface area contributed by atoms with Crippen molar-refractivity contribution in [1.29, 1.82) is 0 Å². The summed E-state index contributed by atoms with van der Waals surface area (Å²) in [4.78, 5) is 2.27. The fourth-order valence-corrected chi connectivity index (χ4v) is 2.96. The van der Waals surface area contributed by atoms with Crippen LogP contribution in [-0.2, 0) is 10.0 Å². The van der Waals surface area contributed by atoms with E-state index < -0.39 is 10.0 Å². The first kappa shape index (κ1) is 15.8. The molecule has 0 unspecified atom stereocenters. The number of benzene rings is 2. The van der Waals surface area contributed by atoms with Crippen molar-refractivity contribution in [1.82, 2.24) is 4.83 Å². The number of phenols is 2. The molecule has 0 spiro atoms. The van der Waals surface area contributed by atoms with E-state index in [-0.39, 0.29) is 16.4 Å². The Bertz CT molecular complexity index is 829. The number of rotatable bonds is 4. The predicted molar refractivity (Wildman–Crippen MR) is 83.6 cm³/mol. The molecule has 0 aliphatic heterocycles. The van der Waals surface area contributed by atoms with Gasteiger partial charge in [-0.25, -0.2) is 4.83 Å². The van der Waals surface area contributed by atoms with E-state index in [1.54, 1.807) is 19.1 Å². The molecule has 0 saturated heterocycles. The zero-order valence-electron chi connectivity index (χ0n) is 12.1.